The number of carboxylic acids is 1. The largest absolute Gasteiger partial charge is 0.478 e. The van der Waals surface area contributed by atoms with Crippen LogP contribution in [0, 0.1) is 0 Å². The third-order valence-corrected chi connectivity index (χ3v) is 5.13. The highest BCUT2D eigenvalue weighted by Crippen LogP contribution is 2.31. The van der Waals surface area contributed by atoms with E-state index in [0.717, 1.165) is 17.5 Å². The molecular weight excluding hydrogens is 412 g/mol. The standard InChI is InChI=1S/C25H27F2N3O2/c1-3-5-11-22-28-24(25(26,27)16-6-4-2)29-30(22)17-18-12-14-19(15-13-18)20-9-7-8-10-21(20)23(31)32/h5,7-15H,3-4,6,16-17H2,1-2H3,(H,31,32). The molecule has 7 heteroatoms. The molecule has 1 aromatic heterocycles. The second kappa shape index (κ2) is 10.3. The molecule has 0 bridgehead atoms. The molecule has 0 atom stereocenters. The summed E-state index contributed by atoms with van der Waals surface area (Å²) in [6, 6.07) is 14.1. The molecule has 0 spiro atoms. The molecule has 0 amide bonds. The third-order valence-electron chi connectivity index (χ3n) is 5.13. The van der Waals surface area contributed by atoms with E-state index >= 15 is 0 Å². The number of carboxylic acid groups (broad SMARTS) is 1. The van der Waals surface area contributed by atoms with Crippen LogP contribution >= 0.6 is 0 Å². The average molecular weight is 440 g/mol. The Bertz CT molecular complexity index is 1090. The fraction of sp³-hybridized carbons (Fsp3) is 0.320. The zero-order chi connectivity index (χ0) is 23.1. The molecule has 0 aliphatic rings. The van der Waals surface area contributed by atoms with Crippen molar-refractivity contribution in [2.75, 3.05) is 0 Å². The first-order chi connectivity index (χ1) is 15.4. The van der Waals surface area contributed by atoms with E-state index in [-0.39, 0.29) is 18.5 Å². The van der Waals surface area contributed by atoms with Crippen molar-refractivity contribution in [1.82, 2.24) is 14.8 Å². The van der Waals surface area contributed by atoms with Gasteiger partial charge in [-0.15, -0.1) is 5.10 Å². The molecule has 1 heterocycles. The Balaban J connectivity index is 1.88. The molecule has 168 valence electrons. The van der Waals surface area contributed by atoms with Gasteiger partial charge in [0.1, 0.15) is 0 Å². The van der Waals surface area contributed by atoms with Gasteiger partial charge in [-0.2, -0.15) is 8.78 Å². The van der Waals surface area contributed by atoms with Crippen LogP contribution in [0.3, 0.4) is 0 Å². The normalized spacial score (nSPS) is 11.9. The molecule has 32 heavy (non-hydrogen) atoms. The minimum absolute atomic E-state index is 0.225. The van der Waals surface area contributed by atoms with E-state index in [0.29, 0.717) is 24.2 Å². The Morgan fingerprint density at radius 2 is 1.84 bits per heavy atom. The third kappa shape index (κ3) is 5.46. The topological polar surface area (TPSA) is 68.0 Å². The monoisotopic (exact) mass is 439 g/mol. The number of aromatic nitrogens is 3. The SMILES string of the molecule is CCC=Cc1nc(C(F)(F)CCCC)nn1Cc1ccc(-c2ccccc2C(=O)O)cc1. The van der Waals surface area contributed by atoms with Crippen molar-refractivity contribution in [3.63, 3.8) is 0 Å². The van der Waals surface area contributed by atoms with Crippen molar-refractivity contribution in [2.24, 2.45) is 0 Å². The molecule has 0 saturated heterocycles. The van der Waals surface area contributed by atoms with Crippen molar-refractivity contribution in [2.45, 2.75) is 52.0 Å². The molecule has 3 rings (SSSR count). The first-order valence-corrected chi connectivity index (χ1v) is 10.8. The van der Waals surface area contributed by atoms with Crippen LogP contribution in [0.5, 0.6) is 0 Å². The maximum Gasteiger partial charge on any atom is 0.336 e. The summed E-state index contributed by atoms with van der Waals surface area (Å²) in [5.74, 6) is -4.12. The summed E-state index contributed by atoms with van der Waals surface area (Å²) < 4.78 is 30.5. The summed E-state index contributed by atoms with van der Waals surface area (Å²) in [7, 11) is 0. The lowest BCUT2D eigenvalue weighted by Gasteiger charge is -2.11. The number of halogens is 2. The minimum atomic E-state index is -3.07. The lowest BCUT2D eigenvalue weighted by molar-refractivity contribution is -0.0245. The molecule has 0 aliphatic carbocycles. The van der Waals surface area contributed by atoms with Crippen LogP contribution in [0.4, 0.5) is 8.78 Å². The summed E-state index contributed by atoms with van der Waals surface area (Å²) >= 11 is 0. The van der Waals surface area contributed by atoms with Crippen LogP contribution in [-0.4, -0.2) is 25.8 Å². The highest BCUT2D eigenvalue weighted by atomic mass is 19.3. The number of allylic oxidation sites excluding steroid dienone is 1. The quantitative estimate of drug-likeness (QED) is 0.397. The van der Waals surface area contributed by atoms with E-state index in [2.05, 4.69) is 10.1 Å². The van der Waals surface area contributed by atoms with E-state index in [1.54, 1.807) is 30.3 Å². The van der Waals surface area contributed by atoms with Crippen molar-refractivity contribution >= 4 is 12.0 Å². The summed E-state index contributed by atoms with van der Waals surface area (Å²) in [6.45, 7) is 4.11. The molecule has 2 aromatic carbocycles. The van der Waals surface area contributed by atoms with Gasteiger partial charge in [-0.25, -0.2) is 14.5 Å². The lowest BCUT2D eigenvalue weighted by atomic mass is 9.99. The number of carbonyl (C=O) groups is 1. The van der Waals surface area contributed by atoms with Gasteiger partial charge in [0.15, 0.2) is 5.82 Å². The highest BCUT2D eigenvalue weighted by molar-refractivity contribution is 5.95. The smallest absolute Gasteiger partial charge is 0.336 e. The van der Waals surface area contributed by atoms with Crippen molar-refractivity contribution in [3.05, 3.63) is 77.4 Å². The molecular formula is C25H27F2N3O2. The molecule has 0 radical (unpaired) electrons. The van der Waals surface area contributed by atoms with Gasteiger partial charge < -0.3 is 5.11 Å². The van der Waals surface area contributed by atoms with Gasteiger partial charge >= 0.3 is 11.9 Å². The van der Waals surface area contributed by atoms with E-state index in [9.17, 15) is 18.7 Å². The molecule has 0 fully saturated rings. The molecule has 0 unspecified atom stereocenters. The van der Waals surface area contributed by atoms with Gasteiger partial charge in [-0.3, -0.25) is 0 Å². The first-order valence-electron chi connectivity index (χ1n) is 10.8. The number of nitrogens with zero attached hydrogens (tertiary/aromatic N) is 3. The van der Waals surface area contributed by atoms with Crippen molar-refractivity contribution in [3.8, 4) is 11.1 Å². The predicted octanol–water partition coefficient (Wildman–Crippen LogP) is 6.40. The van der Waals surface area contributed by atoms with Crippen LogP contribution in [0.2, 0.25) is 0 Å². The molecule has 1 N–H and O–H groups in total. The Hall–Kier alpha value is -3.35. The summed E-state index contributed by atoms with van der Waals surface area (Å²) in [5, 5.41) is 13.5. The second-order valence-electron chi connectivity index (χ2n) is 7.62. The van der Waals surface area contributed by atoms with Crippen LogP contribution in [0.15, 0.2) is 54.6 Å². The zero-order valence-electron chi connectivity index (χ0n) is 18.3. The molecule has 3 aromatic rings. The van der Waals surface area contributed by atoms with Crippen LogP contribution < -0.4 is 0 Å². The maximum absolute atomic E-state index is 14.5. The fourth-order valence-electron chi connectivity index (χ4n) is 3.37. The lowest BCUT2D eigenvalue weighted by Crippen LogP contribution is -2.16. The number of hydrogen-bond donors (Lipinski definition) is 1. The average Bonchev–Trinajstić information content (AvgIpc) is 3.20. The maximum atomic E-state index is 14.5. The van der Waals surface area contributed by atoms with Gasteiger partial charge in [-0.1, -0.05) is 68.8 Å². The van der Waals surface area contributed by atoms with Crippen molar-refractivity contribution in [1.29, 1.82) is 0 Å². The first kappa shape index (κ1) is 23.3. The predicted molar refractivity (Wildman–Crippen MR) is 121 cm³/mol. The van der Waals surface area contributed by atoms with Gasteiger partial charge in [0.25, 0.3) is 0 Å². The molecule has 0 saturated carbocycles. The van der Waals surface area contributed by atoms with E-state index < -0.39 is 17.7 Å². The summed E-state index contributed by atoms with van der Waals surface area (Å²) in [6.07, 6.45) is 5.13. The summed E-state index contributed by atoms with van der Waals surface area (Å²) in [5.41, 5.74) is 2.46. The Morgan fingerprint density at radius 3 is 2.50 bits per heavy atom. The van der Waals surface area contributed by atoms with Crippen LogP contribution in [-0.2, 0) is 12.5 Å². The molecule has 0 aliphatic heterocycles. The van der Waals surface area contributed by atoms with E-state index in [1.165, 1.54) is 4.68 Å². The van der Waals surface area contributed by atoms with E-state index in [1.807, 2.05) is 44.2 Å². The fourth-order valence-corrected chi connectivity index (χ4v) is 3.37. The number of hydrogen-bond acceptors (Lipinski definition) is 3. The van der Waals surface area contributed by atoms with Gasteiger partial charge in [-0.05, 0) is 41.7 Å². The van der Waals surface area contributed by atoms with Crippen LogP contribution in [0.1, 0.15) is 67.1 Å². The highest BCUT2D eigenvalue weighted by Gasteiger charge is 2.36. The number of rotatable bonds is 10. The Labute approximate surface area is 186 Å². The number of benzene rings is 2. The zero-order valence-corrected chi connectivity index (χ0v) is 18.3. The van der Waals surface area contributed by atoms with Crippen LogP contribution in [0.25, 0.3) is 17.2 Å². The van der Waals surface area contributed by atoms with Gasteiger partial charge in [0.2, 0.25) is 5.82 Å². The summed E-state index contributed by atoms with van der Waals surface area (Å²) in [4.78, 5) is 15.6. The second-order valence-corrected chi connectivity index (χ2v) is 7.62. The van der Waals surface area contributed by atoms with Gasteiger partial charge in [0.05, 0.1) is 12.1 Å². The Morgan fingerprint density at radius 1 is 1.12 bits per heavy atom. The number of alkyl halides is 2. The van der Waals surface area contributed by atoms with Crippen molar-refractivity contribution < 1.29 is 18.7 Å². The minimum Gasteiger partial charge on any atom is -0.478 e. The van der Waals surface area contributed by atoms with E-state index in [4.69, 9.17) is 0 Å². The van der Waals surface area contributed by atoms with Gasteiger partial charge in [0, 0.05) is 6.42 Å². The number of unbranched alkanes of at least 4 members (excludes halogenated alkanes) is 1. The molecule has 5 nitrogen and oxygen atoms in total. The Kier molecular flexibility index (Phi) is 7.51. The number of aromatic carboxylic acids is 1.